The Balaban J connectivity index is 2.53. The van der Waals surface area contributed by atoms with Crippen molar-refractivity contribution in [1.82, 2.24) is 0 Å². The van der Waals surface area contributed by atoms with E-state index >= 15 is 0 Å². The van der Waals surface area contributed by atoms with Gasteiger partial charge in [0.25, 0.3) is 0 Å². The summed E-state index contributed by atoms with van der Waals surface area (Å²) in [4.78, 5) is 10.7. The van der Waals surface area contributed by atoms with E-state index in [0.29, 0.717) is 6.61 Å². The van der Waals surface area contributed by atoms with E-state index in [9.17, 15) is 4.79 Å². The van der Waals surface area contributed by atoms with Crippen LogP contribution >= 0.6 is 0 Å². The SMILES string of the molecule is CC(=O)OCCCc1ccc(O[Si](C)(C)C(C)(C)C)cc1. The highest BCUT2D eigenvalue weighted by Gasteiger charge is 2.38. The minimum atomic E-state index is -1.76. The van der Waals surface area contributed by atoms with Gasteiger partial charge >= 0.3 is 5.97 Å². The van der Waals surface area contributed by atoms with Crippen LogP contribution in [0, 0.1) is 0 Å². The molecule has 0 atom stereocenters. The Bertz CT molecular complexity index is 458. The summed E-state index contributed by atoms with van der Waals surface area (Å²) in [5, 5.41) is 0.204. The van der Waals surface area contributed by atoms with Crippen molar-refractivity contribution in [3.8, 4) is 5.75 Å². The molecule has 1 aromatic rings. The third-order valence-electron chi connectivity index (χ3n) is 4.02. The monoisotopic (exact) mass is 308 g/mol. The largest absolute Gasteiger partial charge is 0.544 e. The predicted octanol–water partition coefficient (Wildman–Crippen LogP) is 4.57. The number of hydrogen-bond acceptors (Lipinski definition) is 3. The van der Waals surface area contributed by atoms with Crippen molar-refractivity contribution in [2.75, 3.05) is 6.61 Å². The Morgan fingerprint density at radius 3 is 2.19 bits per heavy atom. The zero-order valence-electron chi connectivity index (χ0n) is 14.2. The van der Waals surface area contributed by atoms with Gasteiger partial charge in [0.05, 0.1) is 6.61 Å². The summed E-state index contributed by atoms with van der Waals surface area (Å²) in [5.74, 6) is 0.735. The molecule has 0 heterocycles. The summed E-state index contributed by atoms with van der Waals surface area (Å²) < 4.78 is 11.2. The number of esters is 1. The molecule has 0 spiro atoms. The molecule has 0 aromatic heterocycles. The second kappa shape index (κ2) is 7.12. The molecule has 0 radical (unpaired) electrons. The van der Waals surface area contributed by atoms with E-state index in [4.69, 9.17) is 9.16 Å². The number of ether oxygens (including phenoxy) is 1. The number of rotatable bonds is 6. The average molecular weight is 308 g/mol. The first-order valence-corrected chi connectivity index (χ1v) is 10.4. The fourth-order valence-corrected chi connectivity index (χ4v) is 2.70. The van der Waals surface area contributed by atoms with Crippen LogP contribution in [0.5, 0.6) is 5.75 Å². The van der Waals surface area contributed by atoms with Gasteiger partial charge in [-0.3, -0.25) is 4.79 Å². The minimum Gasteiger partial charge on any atom is -0.544 e. The van der Waals surface area contributed by atoms with Crippen LogP contribution < -0.4 is 4.43 Å². The summed E-state index contributed by atoms with van der Waals surface area (Å²) in [7, 11) is -1.76. The van der Waals surface area contributed by atoms with Crippen molar-refractivity contribution >= 4 is 14.3 Å². The lowest BCUT2D eigenvalue weighted by Crippen LogP contribution is -2.43. The van der Waals surface area contributed by atoms with E-state index < -0.39 is 8.32 Å². The molecule has 1 rings (SSSR count). The first-order chi connectivity index (χ1) is 9.62. The first kappa shape index (κ1) is 17.8. The van der Waals surface area contributed by atoms with E-state index in [1.54, 1.807) is 0 Å². The van der Waals surface area contributed by atoms with Crippen LogP contribution in [0.1, 0.15) is 39.7 Å². The van der Waals surface area contributed by atoms with Crippen LogP contribution in [0.15, 0.2) is 24.3 Å². The average Bonchev–Trinajstić information content (AvgIpc) is 2.34. The standard InChI is InChI=1S/C17H28O3Si/c1-14(18)19-13-7-8-15-9-11-16(12-10-15)20-21(5,6)17(2,3)4/h9-12H,7-8,13H2,1-6H3. The first-order valence-electron chi connectivity index (χ1n) is 7.53. The van der Waals surface area contributed by atoms with E-state index in [-0.39, 0.29) is 11.0 Å². The topological polar surface area (TPSA) is 35.5 Å². The molecule has 0 unspecified atom stereocenters. The number of benzene rings is 1. The van der Waals surface area contributed by atoms with Gasteiger partial charge in [-0.05, 0) is 48.7 Å². The van der Waals surface area contributed by atoms with Gasteiger partial charge in [-0.2, -0.15) is 0 Å². The van der Waals surface area contributed by atoms with Crippen molar-refractivity contribution in [2.24, 2.45) is 0 Å². The van der Waals surface area contributed by atoms with Gasteiger partial charge in [0.2, 0.25) is 8.32 Å². The Kier molecular flexibility index (Phi) is 6.02. The van der Waals surface area contributed by atoms with Gasteiger partial charge in [-0.25, -0.2) is 0 Å². The highest BCUT2D eigenvalue weighted by Crippen LogP contribution is 2.37. The summed E-state index contributed by atoms with van der Waals surface area (Å²) in [5.41, 5.74) is 1.24. The smallest absolute Gasteiger partial charge is 0.302 e. The predicted molar refractivity (Wildman–Crippen MR) is 89.2 cm³/mol. The molecule has 21 heavy (non-hydrogen) atoms. The molecular formula is C17H28O3Si. The molecule has 0 aliphatic carbocycles. The third kappa shape index (κ3) is 5.92. The molecule has 0 amide bonds. The van der Waals surface area contributed by atoms with Gasteiger partial charge in [0.15, 0.2) is 0 Å². The fraction of sp³-hybridized carbons (Fsp3) is 0.588. The summed E-state index contributed by atoms with van der Waals surface area (Å²) >= 11 is 0. The molecule has 1 aromatic carbocycles. The third-order valence-corrected chi connectivity index (χ3v) is 8.38. The second-order valence-electron chi connectivity index (χ2n) is 6.95. The van der Waals surface area contributed by atoms with Crippen molar-refractivity contribution in [1.29, 1.82) is 0 Å². The molecule has 3 nitrogen and oxygen atoms in total. The zero-order valence-corrected chi connectivity index (χ0v) is 15.2. The van der Waals surface area contributed by atoms with E-state index in [0.717, 1.165) is 18.6 Å². The van der Waals surface area contributed by atoms with Gasteiger partial charge in [0, 0.05) is 6.92 Å². The molecule has 0 fully saturated rings. The minimum absolute atomic E-state index is 0.204. The highest BCUT2D eigenvalue weighted by atomic mass is 28.4. The van der Waals surface area contributed by atoms with Gasteiger partial charge in [0.1, 0.15) is 5.75 Å². The van der Waals surface area contributed by atoms with Crippen molar-refractivity contribution in [2.45, 2.75) is 58.7 Å². The van der Waals surface area contributed by atoms with E-state index in [1.165, 1.54) is 12.5 Å². The summed E-state index contributed by atoms with van der Waals surface area (Å²) in [6, 6.07) is 8.27. The maximum absolute atomic E-state index is 10.7. The quantitative estimate of drug-likeness (QED) is 0.439. The lowest BCUT2D eigenvalue weighted by atomic mass is 10.1. The van der Waals surface area contributed by atoms with Crippen molar-refractivity contribution in [3.63, 3.8) is 0 Å². The molecule has 118 valence electrons. The molecule has 0 bridgehead atoms. The summed E-state index contributed by atoms with van der Waals surface area (Å²) in [6.45, 7) is 13.1. The molecule has 0 saturated carbocycles. The fourth-order valence-electron chi connectivity index (χ4n) is 1.66. The van der Waals surface area contributed by atoms with Crippen LogP contribution in [-0.4, -0.2) is 20.9 Å². The lowest BCUT2D eigenvalue weighted by Gasteiger charge is -2.36. The van der Waals surface area contributed by atoms with Gasteiger partial charge in [-0.1, -0.05) is 32.9 Å². The normalized spacial score (nSPS) is 12.1. The van der Waals surface area contributed by atoms with E-state index in [1.807, 2.05) is 12.1 Å². The Hall–Kier alpha value is -1.29. The van der Waals surface area contributed by atoms with Crippen LogP contribution in [0.4, 0.5) is 0 Å². The van der Waals surface area contributed by atoms with Crippen LogP contribution in [0.25, 0.3) is 0 Å². The second-order valence-corrected chi connectivity index (χ2v) is 11.7. The Morgan fingerprint density at radius 1 is 1.14 bits per heavy atom. The van der Waals surface area contributed by atoms with Crippen LogP contribution in [0.3, 0.4) is 0 Å². The zero-order chi connectivity index (χ0) is 16.1. The molecule has 4 heteroatoms. The maximum Gasteiger partial charge on any atom is 0.302 e. The Labute approximate surface area is 129 Å². The number of carbonyl (C=O) groups excluding carboxylic acids is 1. The van der Waals surface area contributed by atoms with Crippen LogP contribution in [-0.2, 0) is 16.0 Å². The number of aryl methyl sites for hydroxylation is 1. The van der Waals surface area contributed by atoms with Gasteiger partial charge in [-0.15, -0.1) is 0 Å². The molecule has 0 aliphatic heterocycles. The lowest BCUT2D eigenvalue weighted by molar-refractivity contribution is -0.141. The highest BCUT2D eigenvalue weighted by molar-refractivity contribution is 6.74. The Morgan fingerprint density at radius 2 is 1.71 bits per heavy atom. The van der Waals surface area contributed by atoms with E-state index in [2.05, 4.69) is 46.0 Å². The van der Waals surface area contributed by atoms with Crippen molar-refractivity contribution in [3.05, 3.63) is 29.8 Å². The maximum atomic E-state index is 10.7. The molecule has 0 aliphatic rings. The van der Waals surface area contributed by atoms with Gasteiger partial charge < -0.3 is 9.16 Å². The molecular weight excluding hydrogens is 280 g/mol. The number of hydrogen-bond donors (Lipinski definition) is 0. The summed E-state index contributed by atoms with van der Waals surface area (Å²) in [6.07, 6.45) is 1.76. The number of carbonyl (C=O) groups is 1. The van der Waals surface area contributed by atoms with Crippen molar-refractivity contribution < 1.29 is 14.0 Å². The van der Waals surface area contributed by atoms with Crippen LogP contribution in [0.2, 0.25) is 18.1 Å². The molecule has 0 saturated heterocycles. The molecule has 0 N–H and O–H groups in total.